The number of rotatable bonds is 6. The van der Waals surface area contributed by atoms with E-state index in [1.807, 2.05) is 0 Å². The average molecular weight is 286 g/mol. The predicted molar refractivity (Wildman–Crippen MR) is 81.6 cm³/mol. The average Bonchev–Trinajstić information content (AvgIpc) is 3.33. The third-order valence-electron chi connectivity index (χ3n) is 3.59. The van der Waals surface area contributed by atoms with E-state index < -0.39 is 0 Å². The smallest absolute Gasteiger partial charge is 0.162 e. The Morgan fingerprint density at radius 1 is 1.29 bits per heavy atom. The van der Waals surface area contributed by atoms with Crippen LogP contribution in [0.3, 0.4) is 0 Å². The van der Waals surface area contributed by atoms with Crippen molar-refractivity contribution in [2.75, 3.05) is 18.4 Å². The Morgan fingerprint density at radius 2 is 2.10 bits per heavy atom. The van der Waals surface area contributed by atoms with E-state index in [4.69, 9.17) is 5.73 Å². The highest BCUT2D eigenvalue weighted by Crippen LogP contribution is 2.42. The van der Waals surface area contributed by atoms with Crippen LogP contribution < -0.4 is 11.1 Å². The van der Waals surface area contributed by atoms with Crippen LogP contribution in [0.5, 0.6) is 0 Å². The second-order valence-electron chi connectivity index (χ2n) is 5.32. The highest BCUT2D eigenvalue weighted by atomic mass is 19.1. The van der Waals surface area contributed by atoms with Gasteiger partial charge in [-0.1, -0.05) is 12.1 Å². The van der Waals surface area contributed by atoms with E-state index in [1.165, 1.54) is 6.07 Å². The minimum Gasteiger partial charge on any atom is -0.382 e. The minimum atomic E-state index is -0.289. The van der Waals surface area contributed by atoms with Gasteiger partial charge in [0.2, 0.25) is 0 Å². The molecule has 0 spiro atoms. The third kappa shape index (κ3) is 3.19. The van der Waals surface area contributed by atoms with Gasteiger partial charge in [-0.15, -0.1) is 0 Å². The quantitative estimate of drug-likeness (QED) is 0.801. The van der Waals surface area contributed by atoms with Crippen molar-refractivity contribution in [2.24, 2.45) is 5.73 Å². The number of aromatic nitrogens is 2. The summed E-state index contributed by atoms with van der Waals surface area (Å²) in [6.07, 6.45) is 4.94. The van der Waals surface area contributed by atoms with E-state index >= 15 is 0 Å². The second kappa shape index (κ2) is 6.18. The van der Waals surface area contributed by atoms with Gasteiger partial charge in [-0.3, -0.25) is 0 Å². The Balaban J connectivity index is 1.90. The molecule has 1 aromatic carbocycles. The van der Waals surface area contributed by atoms with Crippen molar-refractivity contribution in [2.45, 2.75) is 25.2 Å². The van der Waals surface area contributed by atoms with E-state index in [9.17, 15) is 4.39 Å². The number of nitrogens with zero attached hydrogens (tertiary/aromatic N) is 2. The maximum absolute atomic E-state index is 13.9. The molecule has 0 radical (unpaired) electrons. The van der Waals surface area contributed by atoms with E-state index in [1.54, 1.807) is 24.4 Å². The zero-order chi connectivity index (χ0) is 14.7. The second-order valence-corrected chi connectivity index (χ2v) is 5.32. The lowest BCUT2D eigenvalue weighted by Crippen LogP contribution is -2.11. The molecule has 0 bridgehead atoms. The molecule has 3 rings (SSSR count). The van der Waals surface area contributed by atoms with Crippen LogP contribution in [-0.2, 0) is 0 Å². The van der Waals surface area contributed by atoms with E-state index in [0.717, 1.165) is 37.2 Å². The summed E-state index contributed by atoms with van der Waals surface area (Å²) in [5.74, 6) is 0.640. The van der Waals surface area contributed by atoms with Crippen LogP contribution in [0.2, 0.25) is 0 Å². The van der Waals surface area contributed by atoms with Crippen LogP contribution in [0, 0.1) is 5.82 Å². The van der Waals surface area contributed by atoms with E-state index in [0.29, 0.717) is 23.9 Å². The summed E-state index contributed by atoms with van der Waals surface area (Å²) in [5, 5.41) is 3.33. The number of nitrogens with two attached hydrogens (primary N) is 1. The number of hydrogen-bond donors (Lipinski definition) is 2. The van der Waals surface area contributed by atoms with Crippen LogP contribution in [-0.4, -0.2) is 23.1 Å². The Morgan fingerprint density at radius 3 is 2.81 bits per heavy atom. The Kier molecular flexibility index (Phi) is 4.10. The first kappa shape index (κ1) is 13.9. The lowest BCUT2D eigenvalue weighted by Gasteiger charge is -2.12. The molecule has 0 amide bonds. The molecule has 2 aromatic rings. The van der Waals surface area contributed by atoms with Gasteiger partial charge in [-0.05, 0) is 37.9 Å². The van der Waals surface area contributed by atoms with Gasteiger partial charge in [-0.2, -0.15) is 0 Å². The van der Waals surface area contributed by atoms with Crippen molar-refractivity contribution in [3.8, 4) is 11.4 Å². The van der Waals surface area contributed by atoms with Crippen LogP contribution in [0.4, 0.5) is 10.1 Å². The molecule has 1 aliphatic rings. The summed E-state index contributed by atoms with van der Waals surface area (Å²) in [5.41, 5.74) is 7.91. The lowest BCUT2D eigenvalue weighted by atomic mass is 10.1. The van der Waals surface area contributed by atoms with Crippen LogP contribution in [0.25, 0.3) is 11.4 Å². The van der Waals surface area contributed by atoms with Gasteiger partial charge in [0.05, 0.1) is 23.1 Å². The fourth-order valence-electron chi connectivity index (χ4n) is 2.30. The molecule has 4 nitrogen and oxygen atoms in total. The maximum Gasteiger partial charge on any atom is 0.162 e. The molecule has 5 heteroatoms. The first-order chi connectivity index (χ1) is 10.3. The maximum atomic E-state index is 13.9. The fraction of sp³-hybridized carbons (Fsp3) is 0.375. The summed E-state index contributed by atoms with van der Waals surface area (Å²) in [6, 6.07) is 6.61. The first-order valence-electron chi connectivity index (χ1n) is 7.35. The Labute approximate surface area is 123 Å². The van der Waals surface area contributed by atoms with Crippen molar-refractivity contribution in [1.82, 2.24) is 9.97 Å². The SMILES string of the molecule is NCCCNc1cnc(-c2ccccc2F)nc1C1CC1. The van der Waals surface area contributed by atoms with Crippen molar-refractivity contribution in [1.29, 1.82) is 0 Å². The molecular formula is C16H19FN4. The molecule has 1 aliphatic carbocycles. The van der Waals surface area contributed by atoms with Gasteiger partial charge >= 0.3 is 0 Å². The number of anilines is 1. The monoisotopic (exact) mass is 286 g/mol. The molecule has 0 saturated heterocycles. The minimum absolute atomic E-state index is 0.289. The fourth-order valence-corrected chi connectivity index (χ4v) is 2.30. The molecule has 0 aliphatic heterocycles. The number of hydrogen-bond acceptors (Lipinski definition) is 4. The van der Waals surface area contributed by atoms with Crippen molar-refractivity contribution in [3.05, 3.63) is 42.0 Å². The van der Waals surface area contributed by atoms with Gasteiger partial charge in [0.15, 0.2) is 5.82 Å². The Hall–Kier alpha value is -2.01. The lowest BCUT2D eigenvalue weighted by molar-refractivity contribution is 0.630. The first-order valence-corrected chi connectivity index (χ1v) is 7.35. The van der Waals surface area contributed by atoms with Crippen molar-refractivity contribution < 1.29 is 4.39 Å². The standard InChI is InChI=1S/C16H19FN4/c17-13-5-2-1-4-12(13)16-20-10-14(19-9-3-8-18)15(21-16)11-6-7-11/h1-2,4-5,10-11,19H,3,6-9,18H2. The topological polar surface area (TPSA) is 63.8 Å². The molecule has 21 heavy (non-hydrogen) atoms. The zero-order valence-electron chi connectivity index (χ0n) is 11.8. The molecule has 1 saturated carbocycles. The summed E-state index contributed by atoms with van der Waals surface area (Å²) >= 11 is 0. The normalized spacial score (nSPS) is 14.2. The van der Waals surface area contributed by atoms with Crippen molar-refractivity contribution in [3.63, 3.8) is 0 Å². The summed E-state index contributed by atoms with van der Waals surface area (Å²) in [7, 11) is 0. The highest BCUT2D eigenvalue weighted by Gasteiger charge is 2.28. The van der Waals surface area contributed by atoms with E-state index in [2.05, 4.69) is 15.3 Å². The van der Waals surface area contributed by atoms with Gasteiger partial charge < -0.3 is 11.1 Å². The molecule has 110 valence electrons. The zero-order valence-corrected chi connectivity index (χ0v) is 11.8. The molecular weight excluding hydrogens is 267 g/mol. The number of benzene rings is 1. The van der Waals surface area contributed by atoms with Gasteiger partial charge in [-0.25, -0.2) is 14.4 Å². The number of nitrogens with one attached hydrogen (secondary N) is 1. The van der Waals surface area contributed by atoms with Crippen molar-refractivity contribution >= 4 is 5.69 Å². The van der Waals surface area contributed by atoms with E-state index in [-0.39, 0.29) is 5.82 Å². The molecule has 1 heterocycles. The van der Waals surface area contributed by atoms with Gasteiger partial charge in [0.25, 0.3) is 0 Å². The number of halogens is 1. The van der Waals surface area contributed by atoms with Gasteiger partial charge in [0.1, 0.15) is 5.82 Å². The molecule has 3 N–H and O–H groups in total. The Bertz CT molecular complexity index is 625. The molecule has 0 unspecified atom stereocenters. The van der Waals surface area contributed by atoms with Gasteiger partial charge in [0, 0.05) is 12.5 Å². The highest BCUT2D eigenvalue weighted by molar-refractivity contribution is 5.59. The summed E-state index contributed by atoms with van der Waals surface area (Å²) in [6.45, 7) is 1.46. The molecule has 0 atom stereocenters. The molecule has 1 aromatic heterocycles. The van der Waals surface area contributed by atoms with Crippen LogP contribution in [0.1, 0.15) is 30.9 Å². The largest absolute Gasteiger partial charge is 0.382 e. The predicted octanol–water partition coefficient (Wildman–Crippen LogP) is 2.92. The molecule has 1 fully saturated rings. The van der Waals surface area contributed by atoms with Crippen LogP contribution >= 0.6 is 0 Å². The summed E-state index contributed by atoms with van der Waals surface area (Å²) < 4.78 is 13.9. The summed E-state index contributed by atoms with van der Waals surface area (Å²) in [4.78, 5) is 8.91. The third-order valence-corrected chi connectivity index (χ3v) is 3.59. The van der Waals surface area contributed by atoms with Crippen LogP contribution in [0.15, 0.2) is 30.5 Å².